The molecular weight excluding hydrogens is 276 g/mol. The zero-order chi connectivity index (χ0) is 13.5. The molecule has 1 N–H and O–H groups in total. The number of carbonyl (C=O) groups is 1. The summed E-state index contributed by atoms with van der Waals surface area (Å²) in [6, 6.07) is 9.69. The van der Waals surface area contributed by atoms with Crippen LogP contribution in [0.15, 0.2) is 30.3 Å². The molecule has 2 rings (SSSR count). The molecular formula is C15H23ClN2O2. The van der Waals surface area contributed by atoms with Gasteiger partial charge in [-0.05, 0) is 31.5 Å². The van der Waals surface area contributed by atoms with Crippen molar-refractivity contribution in [3.05, 3.63) is 30.3 Å². The van der Waals surface area contributed by atoms with Crippen molar-refractivity contribution in [2.75, 3.05) is 33.3 Å². The number of halogens is 1. The van der Waals surface area contributed by atoms with E-state index in [1.54, 1.807) is 4.90 Å². The number of nitrogens with zero attached hydrogens (tertiary/aromatic N) is 1. The van der Waals surface area contributed by atoms with Gasteiger partial charge in [-0.3, -0.25) is 4.79 Å². The maximum Gasteiger partial charge on any atom is 0.226 e. The maximum atomic E-state index is 12.2. The lowest BCUT2D eigenvalue weighted by atomic mass is 9.98. The molecule has 0 radical (unpaired) electrons. The van der Waals surface area contributed by atoms with E-state index < -0.39 is 0 Å². The summed E-state index contributed by atoms with van der Waals surface area (Å²) in [7, 11) is 1.85. The van der Waals surface area contributed by atoms with Gasteiger partial charge in [-0.2, -0.15) is 0 Å². The Morgan fingerprint density at radius 1 is 1.40 bits per heavy atom. The van der Waals surface area contributed by atoms with Gasteiger partial charge in [0.1, 0.15) is 12.4 Å². The lowest BCUT2D eigenvalue weighted by Gasteiger charge is -2.27. The van der Waals surface area contributed by atoms with Crippen molar-refractivity contribution < 1.29 is 9.53 Å². The second kappa shape index (κ2) is 8.82. The van der Waals surface area contributed by atoms with Gasteiger partial charge in [-0.1, -0.05) is 18.2 Å². The fourth-order valence-corrected chi connectivity index (χ4v) is 2.30. The van der Waals surface area contributed by atoms with Crippen LogP contribution >= 0.6 is 12.4 Å². The van der Waals surface area contributed by atoms with Gasteiger partial charge >= 0.3 is 0 Å². The van der Waals surface area contributed by atoms with Crippen molar-refractivity contribution in [1.29, 1.82) is 0 Å². The second-order valence-corrected chi connectivity index (χ2v) is 4.96. The predicted octanol–water partition coefficient (Wildman–Crippen LogP) is 1.95. The Kier molecular flexibility index (Phi) is 7.41. The molecule has 4 nitrogen and oxygen atoms in total. The summed E-state index contributed by atoms with van der Waals surface area (Å²) in [5, 5.41) is 3.27. The van der Waals surface area contributed by atoms with Crippen molar-refractivity contribution in [3.63, 3.8) is 0 Å². The van der Waals surface area contributed by atoms with Gasteiger partial charge in [0.15, 0.2) is 0 Å². The smallest absolute Gasteiger partial charge is 0.226 e. The monoisotopic (exact) mass is 298 g/mol. The molecule has 1 aromatic rings. The molecule has 112 valence electrons. The first-order valence-corrected chi connectivity index (χ1v) is 6.91. The van der Waals surface area contributed by atoms with Crippen molar-refractivity contribution in [2.24, 2.45) is 5.92 Å². The Labute approximate surface area is 126 Å². The summed E-state index contributed by atoms with van der Waals surface area (Å²) < 4.78 is 5.60. The highest BCUT2D eigenvalue weighted by Gasteiger charge is 2.23. The zero-order valence-electron chi connectivity index (χ0n) is 11.9. The van der Waals surface area contributed by atoms with Gasteiger partial charge in [0, 0.05) is 13.6 Å². The fourth-order valence-electron chi connectivity index (χ4n) is 2.30. The number of rotatable bonds is 5. The molecule has 5 heteroatoms. The van der Waals surface area contributed by atoms with E-state index in [1.165, 1.54) is 0 Å². The number of piperidine rings is 1. The Hall–Kier alpha value is -1.26. The highest BCUT2D eigenvalue weighted by Crippen LogP contribution is 2.13. The average molecular weight is 299 g/mol. The molecule has 0 bridgehead atoms. The van der Waals surface area contributed by atoms with Gasteiger partial charge in [-0.15, -0.1) is 12.4 Å². The van der Waals surface area contributed by atoms with Crippen LogP contribution in [0.4, 0.5) is 0 Å². The van der Waals surface area contributed by atoms with Crippen LogP contribution in [0, 0.1) is 5.92 Å². The lowest BCUT2D eigenvalue weighted by molar-refractivity contribution is -0.135. The van der Waals surface area contributed by atoms with E-state index in [2.05, 4.69) is 5.32 Å². The maximum absolute atomic E-state index is 12.2. The molecule has 0 aromatic heterocycles. The molecule has 0 saturated carbocycles. The topological polar surface area (TPSA) is 41.6 Å². The van der Waals surface area contributed by atoms with Gasteiger partial charge in [0.2, 0.25) is 5.91 Å². The predicted molar refractivity (Wildman–Crippen MR) is 82.4 cm³/mol. The van der Waals surface area contributed by atoms with Crippen LogP contribution in [-0.4, -0.2) is 44.1 Å². The lowest BCUT2D eigenvalue weighted by Crippen LogP contribution is -2.42. The third-order valence-corrected chi connectivity index (χ3v) is 3.46. The first-order valence-electron chi connectivity index (χ1n) is 6.91. The molecule has 0 aliphatic carbocycles. The zero-order valence-corrected chi connectivity index (χ0v) is 12.7. The molecule has 1 heterocycles. The third kappa shape index (κ3) is 5.02. The number of nitrogens with one attached hydrogen (secondary N) is 1. The minimum atomic E-state index is 0. The number of hydrogen-bond acceptors (Lipinski definition) is 3. The van der Waals surface area contributed by atoms with Crippen LogP contribution in [0.5, 0.6) is 5.75 Å². The average Bonchev–Trinajstić information content (AvgIpc) is 2.48. The Balaban J connectivity index is 0.00000200. The molecule has 0 spiro atoms. The highest BCUT2D eigenvalue weighted by molar-refractivity contribution is 5.85. The normalized spacial score (nSPS) is 17.9. The van der Waals surface area contributed by atoms with E-state index >= 15 is 0 Å². The van der Waals surface area contributed by atoms with Gasteiger partial charge in [0.25, 0.3) is 0 Å². The van der Waals surface area contributed by atoms with Crippen LogP contribution in [0.2, 0.25) is 0 Å². The fraction of sp³-hybridized carbons (Fsp3) is 0.533. The molecule has 1 atom stereocenters. The van der Waals surface area contributed by atoms with E-state index in [0.29, 0.717) is 13.2 Å². The number of carbonyl (C=O) groups excluding carboxylic acids is 1. The first kappa shape index (κ1) is 16.8. The Morgan fingerprint density at radius 3 is 2.80 bits per heavy atom. The third-order valence-electron chi connectivity index (χ3n) is 3.46. The second-order valence-electron chi connectivity index (χ2n) is 4.96. The van der Waals surface area contributed by atoms with Gasteiger partial charge in [-0.25, -0.2) is 0 Å². The molecule has 20 heavy (non-hydrogen) atoms. The minimum Gasteiger partial charge on any atom is -0.492 e. The van der Waals surface area contributed by atoms with Crippen LogP contribution in [0.1, 0.15) is 12.8 Å². The SMILES string of the molecule is CN(CCOc1ccccc1)C(=O)C1CCCNC1.Cl. The van der Waals surface area contributed by atoms with Crippen LogP contribution in [0.3, 0.4) is 0 Å². The van der Waals surface area contributed by atoms with E-state index in [-0.39, 0.29) is 24.2 Å². The molecule has 1 aromatic carbocycles. The van der Waals surface area contributed by atoms with E-state index in [1.807, 2.05) is 37.4 Å². The van der Waals surface area contributed by atoms with Crippen molar-refractivity contribution in [2.45, 2.75) is 12.8 Å². The Morgan fingerprint density at radius 2 is 2.15 bits per heavy atom. The summed E-state index contributed by atoms with van der Waals surface area (Å²) in [6.07, 6.45) is 2.08. The summed E-state index contributed by atoms with van der Waals surface area (Å²) in [5.41, 5.74) is 0. The molecule has 1 aliphatic rings. The summed E-state index contributed by atoms with van der Waals surface area (Å²) in [6.45, 7) is 3.00. The van der Waals surface area contributed by atoms with Crippen molar-refractivity contribution >= 4 is 18.3 Å². The van der Waals surface area contributed by atoms with E-state index in [4.69, 9.17) is 4.74 Å². The van der Waals surface area contributed by atoms with Gasteiger partial charge < -0.3 is 15.0 Å². The quantitative estimate of drug-likeness (QED) is 0.903. The molecule has 1 amide bonds. The number of amides is 1. The summed E-state index contributed by atoms with van der Waals surface area (Å²) >= 11 is 0. The van der Waals surface area contributed by atoms with Crippen LogP contribution in [0.25, 0.3) is 0 Å². The van der Waals surface area contributed by atoms with E-state index in [0.717, 1.165) is 31.7 Å². The molecule has 1 saturated heterocycles. The Bertz CT molecular complexity index is 394. The number of benzene rings is 1. The van der Waals surface area contributed by atoms with Crippen LogP contribution < -0.4 is 10.1 Å². The van der Waals surface area contributed by atoms with Crippen molar-refractivity contribution in [3.8, 4) is 5.75 Å². The minimum absolute atomic E-state index is 0. The number of para-hydroxylation sites is 1. The molecule has 1 unspecified atom stereocenters. The molecule has 1 aliphatic heterocycles. The standard InChI is InChI=1S/C15H22N2O2.ClH/c1-17(15(18)13-6-5-9-16-12-13)10-11-19-14-7-3-2-4-8-14;/h2-4,7-8,13,16H,5-6,9-12H2,1H3;1H. The first-order chi connectivity index (χ1) is 9.27. The number of hydrogen-bond donors (Lipinski definition) is 1. The highest BCUT2D eigenvalue weighted by atomic mass is 35.5. The summed E-state index contributed by atoms with van der Waals surface area (Å²) in [5.74, 6) is 1.21. The van der Waals surface area contributed by atoms with Crippen molar-refractivity contribution in [1.82, 2.24) is 10.2 Å². The summed E-state index contributed by atoms with van der Waals surface area (Å²) in [4.78, 5) is 13.9. The number of ether oxygens (including phenoxy) is 1. The largest absolute Gasteiger partial charge is 0.492 e. The molecule has 1 fully saturated rings. The number of likely N-dealkylation sites (N-methyl/N-ethyl adjacent to an activating group) is 1. The van der Waals surface area contributed by atoms with Crippen LogP contribution in [-0.2, 0) is 4.79 Å². The van der Waals surface area contributed by atoms with Gasteiger partial charge in [0.05, 0.1) is 12.5 Å². The van der Waals surface area contributed by atoms with E-state index in [9.17, 15) is 4.79 Å².